The van der Waals surface area contributed by atoms with Gasteiger partial charge in [-0.1, -0.05) is 35.9 Å². The average molecular weight is 318 g/mol. The summed E-state index contributed by atoms with van der Waals surface area (Å²) in [6.45, 7) is 1.37. The van der Waals surface area contributed by atoms with Gasteiger partial charge in [-0.2, -0.15) is 0 Å². The summed E-state index contributed by atoms with van der Waals surface area (Å²) in [6, 6.07) is 15.7. The maximum Gasteiger partial charge on any atom is 0.191 e. The second kappa shape index (κ2) is 8.29. The van der Waals surface area contributed by atoms with Gasteiger partial charge in [0.1, 0.15) is 5.75 Å². The molecule has 0 spiro atoms. The fraction of sp³-hybridized carbons (Fsp3) is 0.235. The van der Waals surface area contributed by atoms with Crippen LogP contribution < -0.4 is 15.4 Å². The summed E-state index contributed by atoms with van der Waals surface area (Å²) < 4.78 is 5.22. The van der Waals surface area contributed by atoms with Crippen LogP contribution >= 0.6 is 11.6 Å². The van der Waals surface area contributed by atoms with Crippen LogP contribution in [-0.4, -0.2) is 20.1 Å². The number of methoxy groups -OCH3 is 1. The van der Waals surface area contributed by atoms with E-state index in [2.05, 4.69) is 15.6 Å². The van der Waals surface area contributed by atoms with Crippen LogP contribution in [0, 0.1) is 0 Å². The van der Waals surface area contributed by atoms with Gasteiger partial charge in [0.2, 0.25) is 0 Å². The van der Waals surface area contributed by atoms with E-state index in [4.69, 9.17) is 16.3 Å². The number of guanidine groups is 1. The first-order chi connectivity index (χ1) is 10.7. The van der Waals surface area contributed by atoms with Gasteiger partial charge in [-0.05, 0) is 35.4 Å². The molecule has 4 nitrogen and oxygen atoms in total. The zero-order valence-electron chi connectivity index (χ0n) is 12.8. The molecule has 5 heteroatoms. The van der Waals surface area contributed by atoms with Gasteiger partial charge in [0, 0.05) is 25.2 Å². The predicted octanol–water partition coefficient (Wildman–Crippen LogP) is 3.21. The number of ether oxygens (including phenoxy) is 1. The highest BCUT2D eigenvalue weighted by Gasteiger charge is 2.00. The zero-order chi connectivity index (χ0) is 15.8. The molecule has 0 aliphatic rings. The lowest BCUT2D eigenvalue weighted by atomic mass is 10.2. The molecule has 0 saturated carbocycles. The smallest absolute Gasteiger partial charge is 0.191 e. The Morgan fingerprint density at radius 2 is 1.73 bits per heavy atom. The Morgan fingerprint density at radius 1 is 1.05 bits per heavy atom. The molecule has 116 valence electrons. The molecule has 2 aromatic carbocycles. The van der Waals surface area contributed by atoms with E-state index in [-0.39, 0.29) is 0 Å². The summed E-state index contributed by atoms with van der Waals surface area (Å²) in [5.74, 6) is 1.60. The monoisotopic (exact) mass is 317 g/mol. The van der Waals surface area contributed by atoms with Gasteiger partial charge in [0.15, 0.2) is 5.96 Å². The van der Waals surface area contributed by atoms with Gasteiger partial charge in [-0.25, -0.2) is 0 Å². The molecule has 2 N–H and O–H groups in total. The molecule has 0 radical (unpaired) electrons. The number of rotatable bonds is 5. The highest BCUT2D eigenvalue weighted by molar-refractivity contribution is 6.30. The molecule has 0 heterocycles. The topological polar surface area (TPSA) is 45.7 Å². The molecule has 0 atom stereocenters. The third-order valence-electron chi connectivity index (χ3n) is 3.19. The van der Waals surface area contributed by atoms with Crippen LogP contribution in [-0.2, 0) is 13.1 Å². The number of benzene rings is 2. The molecule has 0 bridgehead atoms. The van der Waals surface area contributed by atoms with Crippen molar-refractivity contribution < 1.29 is 4.74 Å². The van der Waals surface area contributed by atoms with Gasteiger partial charge in [-0.3, -0.25) is 4.99 Å². The summed E-state index contributed by atoms with van der Waals surface area (Å²) in [5.41, 5.74) is 2.28. The van der Waals surface area contributed by atoms with Crippen molar-refractivity contribution in [1.29, 1.82) is 0 Å². The Hall–Kier alpha value is -2.20. The maximum absolute atomic E-state index is 5.88. The van der Waals surface area contributed by atoms with Crippen LogP contribution in [0.5, 0.6) is 5.75 Å². The standard InChI is InChI=1S/C17H20ClN3O/c1-19-17(20-11-13-6-8-15(18)9-7-13)21-12-14-4-3-5-16(10-14)22-2/h3-10H,11-12H2,1-2H3,(H2,19,20,21). The van der Waals surface area contributed by atoms with Crippen LogP contribution in [0.25, 0.3) is 0 Å². The molecule has 0 aliphatic heterocycles. The fourth-order valence-corrected chi connectivity index (χ4v) is 2.10. The molecular weight excluding hydrogens is 298 g/mol. The second-order valence-corrected chi connectivity index (χ2v) is 5.19. The summed E-state index contributed by atoms with van der Waals surface area (Å²) in [4.78, 5) is 4.22. The minimum atomic E-state index is 0.678. The van der Waals surface area contributed by atoms with Crippen molar-refractivity contribution in [3.8, 4) is 5.75 Å². The van der Waals surface area contributed by atoms with E-state index in [9.17, 15) is 0 Å². The van der Waals surface area contributed by atoms with Gasteiger partial charge >= 0.3 is 0 Å². The third kappa shape index (κ3) is 4.97. The largest absolute Gasteiger partial charge is 0.497 e. The number of nitrogens with one attached hydrogen (secondary N) is 2. The molecule has 0 unspecified atom stereocenters. The van der Waals surface area contributed by atoms with E-state index >= 15 is 0 Å². The zero-order valence-corrected chi connectivity index (χ0v) is 13.5. The third-order valence-corrected chi connectivity index (χ3v) is 3.44. The summed E-state index contributed by atoms with van der Waals surface area (Å²) in [5, 5.41) is 7.28. The van der Waals surface area contributed by atoms with Crippen LogP contribution in [0.3, 0.4) is 0 Å². The van der Waals surface area contributed by atoms with E-state index < -0.39 is 0 Å². The van der Waals surface area contributed by atoms with Crippen molar-refractivity contribution in [1.82, 2.24) is 10.6 Å². The van der Waals surface area contributed by atoms with Gasteiger partial charge < -0.3 is 15.4 Å². The Labute approximate surface area is 136 Å². The van der Waals surface area contributed by atoms with Crippen LogP contribution in [0.2, 0.25) is 5.02 Å². The number of halogens is 1. The summed E-state index contributed by atoms with van der Waals surface area (Å²) >= 11 is 5.88. The lowest BCUT2D eigenvalue weighted by Crippen LogP contribution is -2.36. The van der Waals surface area contributed by atoms with Crippen LogP contribution in [0.15, 0.2) is 53.5 Å². The van der Waals surface area contributed by atoms with E-state index in [1.54, 1.807) is 14.2 Å². The highest BCUT2D eigenvalue weighted by Crippen LogP contribution is 2.12. The lowest BCUT2D eigenvalue weighted by Gasteiger charge is -2.12. The van der Waals surface area contributed by atoms with Crippen molar-refractivity contribution >= 4 is 17.6 Å². The Morgan fingerprint density at radius 3 is 2.36 bits per heavy atom. The van der Waals surface area contributed by atoms with E-state index in [1.165, 1.54) is 0 Å². The normalized spacial score (nSPS) is 11.1. The number of nitrogens with zero attached hydrogens (tertiary/aromatic N) is 1. The maximum atomic E-state index is 5.88. The second-order valence-electron chi connectivity index (χ2n) is 4.76. The Kier molecular flexibility index (Phi) is 6.10. The molecule has 22 heavy (non-hydrogen) atoms. The van der Waals surface area contributed by atoms with Crippen LogP contribution in [0.1, 0.15) is 11.1 Å². The minimum absolute atomic E-state index is 0.678. The van der Waals surface area contributed by atoms with Crippen molar-refractivity contribution in [2.45, 2.75) is 13.1 Å². The van der Waals surface area contributed by atoms with Crippen molar-refractivity contribution in [2.75, 3.05) is 14.2 Å². The molecule has 2 aromatic rings. The average Bonchev–Trinajstić information content (AvgIpc) is 2.57. The van der Waals surface area contributed by atoms with E-state index in [0.717, 1.165) is 27.9 Å². The van der Waals surface area contributed by atoms with Gasteiger partial charge in [-0.15, -0.1) is 0 Å². The minimum Gasteiger partial charge on any atom is -0.497 e. The Balaban J connectivity index is 1.85. The quantitative estimate of drug-likeness (QED) is 0.657. The van der Waals surface area contributed by atoms with Crippen molar-refractivity contribution in [3.05, 3.63) is 64.7 Å². The van der Waals surface area contributed by atoms with Crippen LogP contribution in [0.4, 0.5) is 0 Å². The molecular formula is C17H20ClN3O. The SMILES string of the molecule is CN=C(NCc1ccc(Cl)cc1)NCc1cccc(OC)c1. The number of hydrogen-bond donors (Lipinski definition) is 2. The lowest BCUT2D eigenvalue weighted by molar-refractivity contribution is 0.414. The Bertz CT molecular complexity index is 626. The number of aliphatic imine (C=N–C) groups is 1. The fourth-order valence-electron chi connectivity index (χ4n) is 1.98. The highest BCUT2D eigenvalue weighted by atomic mass is 35.5. The van der Waals surface area contributed by atoms with Gasteiger partial charge in [0.05, 0.1) is 7.11 Å². The van der Waals surface area contributed by atoms with Crippen molar-refractivity contribution in [3.63, 3.8) is 0 Å². The van der Waals surface area contributed by atoms with E-state index in [1.807, 2.05) is 48.5 Å². The first kappa shape index (κ1) is 16.2. The first-order valence-corrected chi connectivity index (χ1v) is 7.41. The molecule has 2 rings (SSSR count). The predicted molar refractivity (Wildman–Crippen MR) is 91.5 cm³/mol. The number of hydrogen-bond acceptors (Lipinski definition) is 2. The summed E-state index contributed by atoms with van der Waals surface area (Å²) in [7, 11) is 3.42. The molecule has 0 fully saturated rings. The first-order valence-electron chi connectivity index (χ1n) is 7.03. The molecule has 0 saturated heterocycles. The van der Waals surface area contributed by atoms with Gasteiger partial charge in [0.25, 0.3) is 0 Å². The summed E-state index contributed by atoms with van der Waals surface area (Å²) in [6.07, 6.45) is 0. The van der Waals surface area contributed by atoms with Crippen molar-refractivity contribution in [2.24, 2.45) is 4.99 Å². The van der Waals surface area contributed by atoms with E-state index in [0.29, 0.717) is 13.1 Å². The molecule has 0 amide bonds. The molecule has 0 aliphatic carbocycles. The molecule has 0 aromatic heterocycles.